The Balaban J connectivity index is 1.70. The summed E-state index contributed by atoms with van der Waals surface area (Å²) in [6, 6.07) is 4.77. The number of rotatable bonds is 5. The monoisotopic (exact) mass is 396 g/mol. The van der Waals surface area contributed by atoms with Crippen LogP contribution in [0.3, 0.4) is 0 Å². The maximum atomic E-state index is 13.0. The van der Waals surface area contributed by atoms with Gasteiger partial charge in [-0.05, 0) is 38.8 Å². The SMILES string of the molecule is CCN(CC)C(=O)C1CCN(S(=O)(=O)c2ccc3c(c2)OCCCO3)CC1. The van der Waals surface area contributed by atoms with Gasteiger partial charge in [-0.1, -0.05) is 0 Å². The van der Waals surface area contributed by atoms with Crippen LogP contribution in [0.25, 0.3) is 0 Å². The molecule has 27 heavy (non-hydrogen) atoms. The number of hydrogen-bond acceptors (Lipinski definition) is 5. The Hall–Kier alpha value is -1.80. The molecular formula is C19H28N2O5S. The third-order valence-electron chi connectivity index (χ3n) is 5.24. The van der Waals surface area contributed by atoms with Crippen molar-refractivity contribution >= 4 is 15.9 Å². The fourth-order valence-corrected chi connectivity index (χ4v) is 5.08. The molecule has 0 unspecified atom stereocenters. The summed E-state index contributed by atoms with van der Waals surface area (Å²) < 4.78 is 38.7. The van der Waals surface area contributed by atoms with Gasteiger partial charge in [0.25, 0.3) is 0 Å². The number of fused-ring (bicyclic) bond motifs is 1. The standard InChI is InChI=1S/C19H28N2O5S/c1-3-20(4-2)19(22)15-8-10-21(11-9-15)27(23,24)16-6-7-17-18(14-16)26-13-5-12-25-17/h6-7,14-15H,3-5,8-13H2,1-2H3. The molecule has 2 aliphatic heterocycles. The Morgan fingerprint density at radius 1 is 1.11 bits per heavy atom. The topological polar surface area (TPSA) is 76.2 Å². The largest absolute Gasteiger partial charge is 0.490 e. The second-order valence-corrected chi connectivity index (χ2v) is 8.79. The third kappa shape index (κ3) is 4.21. The minimum absolute atomic E-state index is 0.0971. The van der Waals surface area contributed by atoms with Crippen LogP contribution in [0.1, 0.15) is 33.1 Å². The highest BCUT2D eigenvalue weighted by Crippen LogP contribution is 2.34. The number of ether oxygens (including phenoxy) is 2. The number of hydrogen-bond donors (Lipinski definition) is 0. The Bertz CT molecular complexity index is 768. The molecule has 0 spiro atoms. The highest BCUT2D eigenvalue weighted by molar-refractivity contribution is 7.89. The van der Waals surface area contributed by atoms with Crippen molar-refractivity contribution in [2.24, 2.45) is 5.92 Å². The average Bonchev–Trinajstić information content (AvgIpc) is 2.93. The first kappa shape index (κ1) is 19.9. The lowest BCUT2D eigenvalue weighted by Gasteiger charge is -2.33. The van der Waals surface area contributed by atoms with Crippen LogP contribution in [-0.2, 0) is 14.8 Å². The van der Waals surface area contributed by atoms with Gasteiger partial charge in [0.2, 0.25) is 15.9 Å². The smallest absolute Gasteiger partial charge is 0.243 e. The number of sulfonamides is 1. The Morgan fingerprint density at radius 2 is 1.74 bits per heavy atom. The molecule has 2 heterocycles. The van der Waals surface area contributed by atoms with Crippen LogP contribution < -0.4 is 9.47 Å². The minimum Gasteiger partial charge on any atom is -0.490 e. The summed E-state index contributed by atoms with van der Waals surface area (Å²) in [4.78, 5) is 14.5. The van der Waals surface area contributed by atoms with E-state index in [1.165, 1.54) is 4.31 Å². The van der Waals surface area contributed by atoms with E-state index in [9.17, 15) is 13.2 Å². The zero-order chi connectivity index (χ0) is 19.4. The quantitative estimate of drug-likeness (QED) is 0.762. The molecule has 1 amide bonds. The Labute approximate surface area is 161 Å². The maximum absolute atomic E-state index is 13.0. The van der Waals surface area contributed by atoms with Crippen molar-refractivity contribution in [3.05, 3.63) is 18.2 Å². The van der Waals surface area contributed by atoms with Crippen molar-refractivity contribution in [2.45, 2.75) is 38.0 Å². The lowest BCUT2D eigenvalue weighted by Crippen LogP contribution is -2.44. The molecule has 0 aliphatic carbocycles. The van der Waals surface area contributed by atoms with Crippen LogP contribution in [-0.4, -0.2) is 62.9 Å². The van der Waals surface area contributed by atoms with Crippen LogP contribution in [0.15, 0.2) is 23.1 Å². The Morgan fingerprint density at radius 3 is 2.37 bits per heavy atom. The summed E-state index contributed by atoms with van der Waals surface area (Å²) in [6.07, 6.45) is 1.88. The molecule has 2 aliphatic rings. The van der Waals surface area contributed by atoms with Crippen LogP contribution >= 0.6 is 0 Å². The molecule has 7 nitrogen and oxygen atoms in total. The van der Waals surface area contributed by atoms with Crippen molar-refractivity contribution in [3.8, 4) is 11.5 Å². The van der Waals surface area contributed by atoms with E-state index < -0.39 is 10.0 Å². The molecular weight excluding hydrogens is 368 g/mol. The summed E-state index contributed by atoms with van der Waals surface area (Å²) >= 11 is 0. The van der Waals surface area contributed by atoms with Crippen molar-refractivity contribution in [2.75, 3.05) is 39.4 Å². The van der Waals surface area contributed by atoms with Crippen molar-refractivity contribution in [1.29, 1.82) is 0 Å². The van der Waals surface area contributed by atoms with Gasteiger partial charge in [0, 0.05) is 44.6 Å². The van der Waals surface area contributed by atoms with E-state index in [1.807, 2.05) is 18.7 Å². The molecule has 0 bridgehead atoms. The molecule has 3 rings (SSSR count). The zero-order valence-electron chi connectivity index (χ0n) is 16.0. The highest BCUT2D eigenvalue weighted by Gasteiger charge is 2.33. The lowest BCUT2D eigenvalue weighted by atomic mass is 9.96. The number of piperidine rings is 1. The van der Waals surface area contributed by atoms with Crippen LogP contribution in [0.5, 0.6) is 11.5 Å². The van der Waals surface area contributed by atoms with Crippen LogP contribution in [0.2, 0.25) is 0 Å². The molecule has 1 aromatic rings. The number of amides is 1. The predicted octanol–water partition coefficient (Wildman–Crippen LogP) is 2.12. The second kappa shape index (κ2) is 8.48. The van der Waals surface area contributed by atoms with Gasteiger partial charge in [-0.15, -0.1) is 0 Å². The second-order valence-electron chi connectivity index (χ2n) is 6.85. The molecule has 0 radical (unpaired) electrons. The number of benzene rings is 1. The normalized spacial score (nSPS) is 18.7. The van der Waals surface area contributed by atoms with Gasteiger partial charge in [-0.3, -0.25) is 4.79 Å². The van der Waals surface area contributed by atoms with E-state index >= 15 is 0 Å². The van der Waals surface area contributed by atoms with Gasteiger partial charge in [-0.2, -0.15) is 4.31 Å². The summed E-state index contributed by atoms with van der Waals surface area (Å²) in [5.41, 5.74) is 0. The molecule has 1 saturated heterocycles. The van der Waals surface area contributed by atoms with Gasteiger partial charge in [-0.25, -0.2) is 8.42 Å². The first-order valence-corrected chi connectivity index (χ1v) is 11.1. The van der Waals surface area contributed by atoms with E-state index in [0.717, 1.165) is 6.42 Å². The molecule has 0 N–H and O–H groups in total. The van der Waals surface area contributed by atoms with Crippen molar-refractivity contribution in [3.63, 3.8) is 0 Å². The number of carbonyl (C=O) groups is 1. The van der Waals surface area contributed by atoms with Gasteiger partial charge in [0.15, 0.2) is 11.5 Å². The lowest BCUT2D eigenvalue weighted by molar-refractivity contribution is -0.136. The maximum Gasteiger partial charge on any atom is 0.243 e. The van der Waals surface area contributed by atoms with E-state index in [1.54, 1.807) is 18.2 Å². The van der Waals surface area contributed by atoms with Gasteiger partial charge in [0.05, 0.1) is 18.1 Å². The number of nitrogens with zero attached hydrogens (tertiary/aromatic N) is 2. The molecule has 1 fully saturated rings. The van der Waals surface area contributed by atoms with E-state index in [2.05, 4.69) is 0 Å². The van der Waals surface area contributed by atoms with Crippen LogP contribution in [0.4, 0.5) is 0 Å². The third-order valence-corrected chi connectivity index (χ3v) is 7.13. The summed E-state index contributed by atoms with van der Waals surface area (Å²) in [5.74, 6) is 1.09. The molecule has 150 valence electrons. The fraction of sp³-hybridized carbons (Fsp3) is 0.632. The average molecular weight is 397 g/mol. The fourth-order valence-electron chi connectivity index (χ4n) is 3.59. The Kier molecular flexibility index (Phi) is 6.26. The first-order chi connectivity index (χ1) is 13.0. The molecule has 0 saturated carbocycles. The van der Waals surface area contributed by atoms with Crippen molar-refractivity contribution < 1.29 is 22.7 Å². The van der Waals surface area contributed by atoms with E-state index in [-0.39, 0.29) is 16.7 Å². The minimum atomic E-state index is -3.62. The van der Waals surface area contributed by atoms with Crippen molar-refractivity contribution in [1.82, 2.24) is 9.21 Å². The summed E-state index contributed by atoms with van der Waals surface area (Å²) in [5, 5.41) is 0. The number of carbonyl (C=O) groups excluding carboxylic acids is 1. The zero-order valence-corrected chi connectivity index (χ0v) is 16.8. The molecule has 8 heteroatoms. The summed E-state index contributed by atoms with van der Waals surface area (Å²) in [6.45, 7) is 7.08. The van der Waals surface area contributed by atoms with Gasteiger partial charge in [0.1, 0.15) is 0 Å². The molecule has 1 aromatic carbocycles. The molecule has 0 aromatic heterocycles. The highest BCUT2D eigenvalue weighted by atomic mass is 32.2. The van der Waals surface area contributed by atoms with Gasteiger partial charge >= 0.3 is 0 Å². The van der Waals surface area contributed by atoms with E-state index in [0.29, 0.717) is 63.7 Å². The first-order valence-electron chi connectivity index (χ1n) is 9.66. The van der Waals surface area contributed by atoms with Gasteiger partial charge < -0.3 is 14.4 Å². The van der Waals surface area contributed by atoms with E-state index in [4.69, 9.17) is 9.47 Å². The predicted molar refractivity (Wildman–Crippen MR) is 101 cm³/mol. The van der Waals surface area contributed by atoms with Crippen LogP contribution in [0, 0.1) is 5.92 Å². The molecule has 0 atom stereocenters. The summed E-state index contributed by atoms with van der Waals surface area (Å²) in [7, 11) is -3.62.